The standard InChI is InChI=1S/C32H59NO6/c1-5-9-10-11-12-13-14-15-16-17-18-19-20-21-22-26-33(27(23-6-2)30(34)35,28(24-7-3)31(36)37)29(25-8-4)32(38)39/h16-17,27-29H,5-15,18-26H2,1-4H3,(H2-,34,35,36,37,38,39)/p+1/b17-16+. The normalized spacial score (nSPS) is 15.6. The van der Waals surface area contributed by atoms with E-state index in [1.165, 1.54) is 44.9 Å². The molecule has 39 heavy (non-hydrogen) atoms. The van der Waals surface area contributed by atoms with E-state index in [1.54, 1.807) is 0 Å². The van der Waals surface area contributed by atoms with Gasteiger partial charge >= 0.3 is 17.9 Å². The van der Waals surface area contributed by atoms with E-state index in [1.807, 2.05) is 20.8 Å². The summed E-state index contributed by atoms with van der Waals surface area (Å²) in [6.07, 6.45) is 21.8. The van der Waals surface area contributed by atoms with E-state index in [9.17, 15) is 29.7 Å². The number of allylic oxidation sites excluding steroid dienone is 2. The van der Waals surface area contributed by atoms with Gasteiger partial charge in [0, 0.05) is 19.3 Å². The van der Waals surface area contributed by atoms with Crippen LogP contribution in [0.5, 0.6) is 0 Å². The lowest BCUT2D eigenvalue weighted by atomic mass is 9.91. The molecule has 0 aliphatic heterocycles. The second-order valence-electron chi connectivity index (χ2n) is 11.2. The minimum absolute atomic E-state index is 0.263. The number of unbranched alkanes of at least 4 members (excludes halogenated alkanes) is 11. The fraction of sp³-hybridized carbons (Fsp3) is 0.844. The number of hydrogen-bond acceptors (Lipinski definition) is 3. The fourth-order valence-electron chi connectivity index (χ4n) is 6.10. The van der Waals surface area contributed by atoms with Crippen molar-refractivity contribution in [2.75, 3.05) is 6.54 Å². The van der Waals surface area contributed by atoms with Crippen molar-refractivity contribution in [2.24, 2.45) is 0 Å². The Morgan fingerprint density at radius 1 is 0.513 bits per heavy atom. The summed E-state index contributed by atoms with van der Waals surface area (Å²) in [7, 11) is 0. The molecule has 3 atom stereocenters. The van der Waals surface area contributed by atoms with Crippen LogP contribution in [0.1, 0.15) is 150 Å². The van der Waals surface area contributed by atoms with Crippen LogP contribution in [-0.4, -0.2) is 62.4 Å². The van der Waals surface area contributed by atoms with E-state index in [4.69, 9.17) is 0 Å². The number of nitrogens with zero attached hydrogens (tertiary/aromatic N) is 1. The zero-order valence-corrected chi connectivity index (χ0v) is 25.5. The Balaban J connectivity index is 5.27. The molecule has 0 aromatic carbocycles. The van der Waals surface area contributed by atoms with E-state index in [-0.39, 0.29) is 30.3 Å². The summed E-state index contributed by atoms with van der Waals surface area (Å²) in [5.41, 5.74) is 0. The molecule has 0 bridgehead atoms. The van der Waals surface area contributed by atoms with Crippen molar-refractivity contribution in [1.29, 1.82) is 0 Å². The number of quaternary nitrogens is 1. The van der Waals surface area contributed by atoms with Crippen molar-refractivity contribution < 1.29 is 34.2 Å². The summed E-state index contributed by atoms with van der Waals surface area (Å²) in [5.74, 6) is -3.27. The lowest BCUT2D eigenvalue weighted by molar-refractivity contribution is -0.973. The van der Waals surface area contributed by atoms with E-state index >= 15 is 0 Å². The monoisotopic (exact) mass is 554 g/mol. The zero-order valence-electron chi connectivity index (χ0n) is 25.5. The second-order valence-corrected chi connectivity index (χ2v) is 11.2. The van der Waals surface area contributed by atoms with Gasteiger partial charge in [-0.15, -0.1) is 0 Å². The third-order valence-electron chi connectivity index (χ3n) is 8.09. The summed E-state index contributed by atoms with van der Waals surface area (Å²) in [6, 6.07) is -3.15. The van der Waals surface area contributed by atoms with Crippen molar-refractivity contribution in [1.82, 2.24) is 0 Å². The third-order valence-corrected chi connectivity index (χ3v) is 8.09. The van der Waals surface area contributed by atoms with Gasteiger partial charge in [0.25, 0.3) is 0 Å². The average Bonchev–Trinajstić information content (AvgIpc) is 2.89. The topological polar surface area (TPSA) is 112 Å². The molecule has 0 aliphatic rings. The van der Waals surface area contributed by atoms with Crippen LogP contribution < -0.4 is 0 Å². The average molecular weight is 555 g/mol. The van der Waals surface area contributed by atoms with Crippen LogP contribution in [0, 0.1) is 0 Å². The summed E-state index contributed by atoms with van der Waals surface area (Å²) < 4.78 is -0.381. The third kappa shape index (κ3) is 13.8. The molecular formula is C32H60NO6+. The largest absolute Gasteiger partial charge is 0.477 e. The highest BCUT2D eigenvalue weighted by molar-refractivity contribution is 5.78. The van der Waals surface area contributed by atoms with Crippen LogP contribution >= 0.6 is 0 Å². The van der Waals surface area contributed by atoms with Crippen LogP contribution in [-0.2, 0) is 14.4 Å². The van der Waals surface area contributed by atoms with Gasteiger partial charge in [0.2, 0.25) is 0 Å². The highest BCUT2D eigenvalue weighted by Gasteiger charge is 2.56. The Labute approximate surface area is 238 Å². The predicted molar refractivity (Wildman–Crippen MR) is 159 cm³/mol. The summed E-state index contributed by atoms with van der Waals surface area (Å²) in [4.78, 5) is 37.6. The van der Waals surface area contributed by atoms with E-state index in [2.05, 4.69) is 19.1 Å². The first-order valence-corrected chi connectivity index (χ1v) is 15.9. The van der Waals surface area contributed by atoms with Crippen LogP contribution in [0.4, 0.5) is 0 Å². The van der Waals surface area contributed by atoms with Crippen molar-refractivity contribution in [3.63, 3.8) is 0 Å². The number of carbonyl (C=O) groups is 3. The minimum Gasteiger partial charge on any atom is -0.477 e. The van der Waals surface area contributed by atoms with Gasteiger partial charge in [-0.25, -0.2) is 14.4 Å². The van der Waals surface area contributed by atoms with Crippen molar-refractivity contribution in [2.45, 2.75) is 168 Å². The molecule has 0 heterocycles. The Hall–Kier alpha value is -1.89. The molecule has 228 valence electrons. The van der Waals surface area contributed by atoms with Gasteiger partial charge in [-0.1, -0.05) is 84.8 Å². The molecule has 0 saturated carbocycles. The molecule has 0 aromatic rings. The number of hydrogen-bond donors (Lipinski definition) is 3. The molecule has 0 fully saturated rings. The van der Waals surface area contributed by atoms with Gasteiger partial charge in [-0.2, -0.15) is 0 Å². The quantitative estimate of drug-likeness (QED) is 0.0536. The molecule has 0 amide bonds. The number of carboxylic acid groups (broad SMARTS) is 3. The first-order chi connectivity index (χ1) is 18.7. The maximum atomic E-state index is 12.5. The maximum Gasteiger partial charge on any atom is 0.362 e. The summed E-state index contributed by atoms with van der Waals surface area (Å²) in [6.45, 7) is 8.12. The molecule has 3 unspecified atom stereocenters. The van der Waals surface area contributed by atoms with Gasteiger partial charge < -0.3 is 15.3 Å². The molecule has 0 aromatic heterocycles. The van der Waals surface area contributed by atoms with E-state index in [0.717, 1.165) is 32.1 Å². The number of rotatable bonds is 27. The van der Waals surface area contributed by atoms with Gasteiger partial charge in [-0.05, 0) is 57.8 Å². The van der Waals surface area contributed by atoms with Crippen LogP contribution in [0.3, 0.4) is 0 Å². The molecule has 0 rings (SSSR count). The molecule has 3 N–H and O–H groups in total. The fourth-order valence-corrected chi connectivity index (χ4v) is 6.10. The maximum absolute atomic E-state index is 12.5. The Kier molecular flexibility index (Phi) is 21.8. The molecule has 7 heteroatoms. The highest BCUT2D eigenvalue weighted by atomic mass is 16.4. The van der Waals surface area contributed by atoms with Crippen molar-refractivity contribution >= 4 is 17.9 Å². The zero-order chi connectivity index (χ0) is 29.5. The molecular weight excluding hydrogens is 494 g/mol. The number of aliphatic carboxylic acids is 3. The lowest BCUT2D eigenvalue weighted by Crippen LogP contribution is -2.72. The summed E-state index contributed by atoms with van der Waals surface area (Å²) >= 11 is 0. The molecule has 0 saturated heterocycles. The van der Waals surface area contributed by atoms with E-state index in [0.29, 0.717) is 25.7 Å². The van der Waals surface area contributed by atoms with Crippen LogP contribution in [0.2, 0.25) is 0 Å². The van der Waals surface area contributed by atoms with Gasteiger partial charge in [0.1, 0.15) is 0 Å². The van der Waals surface area contributed by atoms with Gasteiger partial charge in [0.15, 0.2) is 18.1 Å². The first kappa shape index (κ1) is 37.1. The van der Waals surface area contributed by atoms with Gasteiger partial charge in [-0.3, -0.25) is 4.48 Å². The van der Waals surface area contributed by atoms with Crippen LogP contribution in [0.15, 0.2) is 12.2 Å². The van der Waals surface area contributed by atoms with Crippen LogP contribution in [0.25, 0.3) is 0 Å². The Morgan fingerprint density at radius 2 is 0.846 bits per heavy atom. The Morgan fingerprint density at radius 3 is 1.18 bits per heavy atom. The minimum atomic E-state index is -1.09. The second kappa shape index (κ2) is 22.9. The number of carboxylic acids is 3. The van der Waals surface area contributed by atoms with Crippen molar-refractivity contribution in [3.05, 3.63) is 12.2 Å². The molecule has 7 nitrogen and oxygen atoms in total. The van der Waals surface area contributed by atoms with Crippen molar-refractivity contribution in [3.8, 4) is 0 Å². The predicted octanol–water partition coefficient (Wildman–Crippen LogP) is 8.21. The SMILES string of the molecule is CCCCCCCCC/C=C/CCCCCC[N+](C(CCC)C(=O)O)(C(CCC)C(=O)O)C(CCC)C(=O)O. The smallest absolute Gasteiger partial charge is 0.362 e. The highest BCUT2D eigenvalue weighted by Crippen LogP contribution is 2.34. The molecule has 0 spiro atoms. The first-order valence-electron chi connectivity index (χ1n) is 15.9. The summed E-state index contributed by atoms with van der Waals surface area (Å²) in [5, 5.41) is 30.8. The Bertz CT molecular complexity index is 632. The molecule has 0 aliphatic carbocycles. The van der Waals surface area contributed by atoms with Gasteiger partial charge in [0.05, 0.1) is 6.54 Å². The molecule has 0 radical (unpaired) electrons. The lowest BCUT2D eigenvalue weighted by Gasteiger charge is -2.50. The van der Waals surface area contributed by atoms with E-state index < -0.39 is 36.0 Å².